The monoisotopic (exact) mass is 367 g/mol. The fourth-order valence-electron chi connectivity index (χ4n) is 4.07. The van der Waals surface area contributed by atoms with Gasteiger partial charge in [0.25, 0.3) is 0 Å². The van der Waals surface area contributed by atoms with Crippen molar-refractivity contribution in [3.05, 3.63) is 101 Å². The Labute approximate surface area is 164 Å². The molecule has 4 aromatic rings. The number of fused-ring (bicyclic) bond motifs is 2. The van der Waals surface area contributed by atoms with Gasteiger partial charge >= 0.3 is 0 Å². The van der Waals surface area contributed by atoms with E-state index < -0.39 is 0 Å². The van der Waals surface area contributed by atoms with Gasteiger partial charge in [-0.15, -0.1) is 0 Å². The average molecular weight is 367 g/mol. The van der Waals surface area contributed by atoms with Crippen LogP contribution in [0, 0.1) is 6.92 Å². The fraction of sp³-hybridized carbons (Fsp3) is 0.120. The van der Waals surface area contributed by atoms with Crippen molar-refractivity contribution in [2.24, 2.45) is 0 Å². The summed E-state index contributed by atoms with van der Waals surface area (Å²) in [7, 11) is 1.68. The molecule has 0 saturated heterocycles. The number of H-pyrrole nitrogens is 1. The van der Waals surface area contributed by atoms with Gasteiger partial charge in [0.1, 0.15) is 17.3 Å². The van der Waals surface area contributed by atoms with Gasteiger partial charge in [-0.3, -0.25) is 0 Å². The Morgan fingerprint density at radius 3 is 2.46 bits per heavy atom. The van der Waals surface area contributed by atoms with Gasteiger partial charge in [-0.2, -0.15) is 0 Å². The number of benzene rings is 3. The molecule has 1 N–H and O–H groups in total. The Morgan fingerprint density at radius 2 is 1.64 bits per heavy atom. The van der Waals surface area contributed by atoms with Crippen LogP contribution in [0.5, 0.6) is 11.5 Å². The second-order valence-electron chi connectivity index (χ2n) is 7.09. The molecule has 2 heterocycles. The lowest BCUT2D eigenvalue weighted by molar-refractivity contribution is 0.414. The number of ether oxygens (including phenoxy) is 2. The molecular weight excluding hydrogens is 346 g/mol. The lowest BCUT2D eigenvalue weighted by Crippen LogP contribution is -2.10. The van der Waals surface area contributed by atoms with Gasteiger partial charge in [-0.1, -0.05) is 36.4 Å². The van der Waals surface area contributed by atoms with Crippen molar-refractivity contribution < 1.29 is 9.47 Å². The maximum Gasteiger partial charge on any atom is 0.131 e. The average Bonchev–Trinajstić information content (AvgIpc) is 3.08. The fourth-order valence-corrected chi connectivity index (χ4v) is 4.07. The van der Waals surface area contributed by atoms with Crippen molar-refractivity contribution >= 4 is 16.7 Å². The summed E-state index contributed by atoms with van der Waals surface area (Å²) in [6.45, 7) is 2.15. The topological polar surface area (TPSA) is 34.2 Å². The lowest BCUT2D eigenvalue weighted by Gasteiger charge is -2.26. The van der Waals surface area contributed by atoms with E-state index in [1.807, 2.05) is 36.4 Å². The number of rotatable bonds is 3. The van der Waals surface area contributed by atoms with E-state index in [4.69, 9.17) is 9.47 Å². The molecule has 1 aliphatic heterocycles. The summed E-state index contributed by atoms with van der Waals surface area (Å²) in [6.07, 6.45) is 2.23. The van der Waals surface area contributed by atoms with Crippen LogP contribution >= 0.6 is 0 Å². The minimum atomic E-state index is 0.123. The molecule has 0 aliphatic carbocycles. The van der Waals surface area contributed by atoms with Crippen molar-refractivity contribution in [3.8, 4) is 11.5 Å². The maximum atomic E-state index is 6.28. The molecule has 3 heteroatoms. The van der Waals surface area contributed by atoms with Crippen molar-refractivity contribution in [3.63, 3.8) is 0 Å². The maximum absolute atomic E-state index is 6.28. The molecule has 1 atom stereocenters. The predicted molar refractivity (Wildman–Crippen MR) is 113 cm³/mol. The molecule has 0 fully saturated rings. The molecule has 1 unspecified atom stereocenters. The molecule has 0 radical (unpaired) electrons. The van der Waals surface area contributed by atoms with Gasteiger partial charge in [0.05, 0.1) is 7.11 Å². The molecule has 138 valence electrons. The highest BCUT2D eigenvalue weighted by atomic mass is 16.5. The van der Waals surface area contributed by atoms with E-state index in [0.29, 0.717) is 0 Å². The second kappa shape index (κ2) is 6.61. The van der Waals surface area contributed by atoms with E-state index in [9.17, 15) is 0 Å². The van der Waals surface area contributed by atoms with Crippen molar-refractivity contribution in [2.45, 2.75) is 12.8 Å². The molecule has 3 nitrogen and oxygen atoms in total. The highest BCUT2D eigenvalue weighted by molar-refractivity contribution is 5.87. The van der Waals surface area contributed by atoms with Crippen molar-refractivity contribution in [2.75, 3.05) is 7.11 Å². The number of aromatic nitrogens is 1. The van der Waals surface area contributed by atoms with Crippen LogP contribution in [0.1, 0.15) is 28.3 Å². The second-order valence-corrected chi connectivity index (χ2v) is 7.09. The number of hydrogen-bond acceptors (Lipinski definition) is 2. The van der Waals surface area contributed by atoms with Gasteiger partial charge in [0, 0.05) is 33.6 Å². The smallest absolute Gasteiger partial charge is 0.131 e. The Bertz CT molecular complexity index is 1180. The summed E-state index contributed by atoms with van der Waals surface area (Å²) in [5.74, 6) is 2.74. The zero-order chi connectivity index (χ0) is 19.1. The van der Waals surface area contributed by atoms with E-state index in [0.717, 1.165) is 22.8 Å². The number of hydrogen-bond donors (Lipinski definition) is 1. The Balaban J connectivity index is 1.69. The van der Waals surface area contributed by atoms with E-state index in [-0.39, 0.29) is 5.92 Å². The Morgan fingerprint density at radius 1 is 0.893 bits per heavy atom. The highest BCUT2D eigenvalue weighted by Gasteiger charge is 2.27. The molecule has 28 heavy (non-hydrogen) atoms. The molecule has 5 rings (SSSR count). The van der Waals surface area contributed by atoms with E-state index in [1.165, 1.54) is 27.7 Å². The van der Waals surface area contributed by atoms with Crippen LogP contribution in [0.25, 0.3) is 16.7 Å². The molecule has 3 aromatic carbocycles. The molecule has 1 aromatic heterocycles. The van der Waals surface area contributed by atoms with Crippen LogP contribution in [0.4, 0.5) is 0 Å². The number of nitrogens with one attached hydrogen (secondary N) is 1. The third-order valence-corrected chi connectivity index (χ3v) is 5.42. The number of allylic oxidation sites excluding steroid dienone is 1. The quantitative estimate of drug-likeness (QED) is 0.478. The summed E-state index contributed by atoms with van der Waals surface area (Å²) < 4.78 is 11.6. The molecule has 0 saturated carbocycles. The van der Waals surface area contributed by atoms with Crippen LogP contribution < -0.4 is 9.47 Å². The molecule has 0 amide bonds. The van der Waals surface area contributed by atoms with E-state index >= 15 is 0 Å². The summed E-state index contributed by atoms with van der Waals surface area (Å²) >= 11 is 0. The Hall–Kier alpha value is -3.46. The first-order chi connectivity index (χ1) is 13.7. The van der Waals surface area contributed by atoms with Gasteiger partial charge in [-0.25, -0.2) is 0 Å². The number of aromatic amines is 1. The largest absolute Gasteiger partial charge is 0.497 e. The molecule has 0 spiro atoms. The first-order valence-corrected chi connectivity index (χ1v) is 9.45. The first-order valence-electron chi connectivity index (χ1n) is 9.45. The summed E-state index contributed by atoms with van der Waals surface area (Å²) in [6, 6.07) is 24.8. The minimum absolute atomic E-state index is 0.123. The number of methoxy groups -OCH3 is 1. The van der Waals surface area contributed by atoms with Crippen LogP contribution in [-0.4, -0.2) is 12.1 Å². The van der Waals surface area contributed by atoms with Gasteiger partial charge in [0.2, 0.25) is 0 Å². The van der Waals surface area contributed by atoms with Gasteiger partial charge < -0.3 is 14.5 Å². The lowest BCUT2D eigenvalue weighted by atomic mass is 9.86. The molecule has 0 bridgehead atoms. The van der Waals surface area contributed by atoms with Crippen LogP contribution in [0.3, 0.4) is 0 Å². The van der Waals surface area contributed by atoms with Crippen LogP contribution in [0.2, 0.25) is 0 Å². The Kier molecular flexibility index (Phi) is 3.94. The summed E-state index contributed by atoms with van der Waals surface area (Å²) in [5, 5.41) is 1.26. The normalized spacial score (nSPS) is 15.6. The van der Waals surface area contributed by atoms with Gasteiger partial charge in [0.15, 0.2) is 0 Å². The van der Waals surface area contributed by atoms with Crippen LogP contribution in [-0.2, 0) is 0 Å². The van der Waals surface area contributed by atoms with Gasteiger partial charge in [-0.05, 0) is 55.0 Å². The highest BCUT2D eigenvalue weighted by Crippen LogP contribution is 2.44. The zero-order valence-electron chi connectivity index (χ0n) is 15.9. The minimum Gasteiger partial charge on any atom is -0.497 e. The van der Waals surface area contributed by atoms with Crippen LogP contribution in [0.15, 0.2) is 78.9 Å². The van der Waals surface area contributed by atoms with Crippen molar-refractivity contribution in [1.82, 2.24) is 4.98 Å². The third-order valence-electron chi connectivity index (χ3n) is 5.42. The summed E-state index contributed by atoms with van der Waals surface area (Å²) in [5.41, 5.74) is 5.88. The molecule has 1 aliphatic rings. The number of para-hydroxylation sites is 2. The first kappa shape index (κ1) is 16.7. The van der Waals surface area contributed by atoms with E-state index in [2.05, 4.69) is 54.4 Å². The summed E-state index contributed by atoms with van der Waals surface area (Å²) in [4.78, 5) is 3.54. The van der Waals surface area contributed by atoms with E-state index in [1.54, 1.807) is 7.11 Å². The standard InChI is InChI=1S/C25H21NO2/c1-16-25(20-8-3-5-9-22(20)26-16)21-15-24(17-11-13-18(27-2)14-12-17)28-23-10-6-4-7-19(21)23/h3-15,21,26H,1-2H3. The van der Waals surface area contributed by atoms with Crippen molar-refractivity contribution in [1.29, 1.82) is 0 Å². The number of aryl methyl sites for hydroxylation is 1. The SMILES string of the molecule is COc1ccc(C2=CC(c3c(C)[nH]c4ccccc34)c3ccccc3O2)cc1. The third kappa shape index (κ3) is 2.67. The zero-order valence-corrected chi connectivity index (χ0v) is 15.9. The predicted octanol–water partition coefficient (Wildman–Crippen LogP) is 6.05. The molecular formula is C25H21NO2.